The lowest BCUT2D eigenvalue weighted by Gasteiger charge is -2.05. The molecule has 2 aromatic carbocycles. The molecule has 6 heteroatoms. The maximum absolute atomic E-state index is 13.2. The fourth-order valence-corrected chi connectivity index (χ4v) is 2.32. The quantitative estimate of drug-likeness (QED) is 0.757. The molecule has 3 rings (SSSR count). The van der Waals surface area contributed by atoms with Crippen LogP contribution in [0.25, 0.3) is 22.4 Å². The molecule has 0 atom stereocenters. The van der Waals surface area contributed by atoms with E-state index in [-0.39, 0.29) is 16.7 Å². The van der Waals surface area contributed by atoms with E-state index in [0.29, 0.717) is 22.4 Å². The first kappa shape index (κ1) is 13.6. The van der Waals surface area contributed by atoms with Crippen molar-refractivity contribution in [1.29, 1.82) is 0 Å². The lowest BCUT2D eigenvalue weighted by atomic mass is 10.0. The average molecular weight is 307 g/mol. The topological polar surface area (TPSA) is 52.0 Å². The second kappa shape index (κ2) is 5.18. The number of benzene rings is 2. The smallest absolute Gasteiger partial charge is 0.230 e. The highest BCUT2D eigenvalue weighted by molar-refractivity contribution is 6.33. The van der Waals surface area contributed by atoms with Crippen molar-refractivity contribution in [3.05, 3.63) is 59.1 Å². The van der Waals surface area contributed by atoms with E-state index in [4.69, 9.17) is 21.9 Å². The van der Waals surface area contributed by atoms with Gasteiger partial charge in [0.15, 0.2) is 0 Å². The molecule has 3 nitrogen and oxygen atoms in total. The van der Waals surface area contributed by atoms with Crippen molar-refractivity contribution in [2.24, 2.45) is 0 Å². The third-order valence-electron chi connectivity index (χ3n) is 3.04. The van der Waals surface area contributed by atoms with E-state index >= 15 is 0 Å². The van der Waals surface area contributed by atoms with E-state index in [1.165, 1.54) is 30.3 Å². The Bertz CT molecular complexity index is 800. The number of hydrogen-bond donors (Lipinski definition) is 1. The highest BCUT2D eigenvalue weighted by Crippen LogP contribution is 2.39. The second-order valence-electron chi connectivity index (χ2n) is 4.40. The number of hydrogen-bond acceptors (Lipinski definition) is 3. The highest BCUT2D eigenvalue weighted by Gasteiger charge is 2.19. The summed E-state index contributed by atoms with van der Waals surface area (Å²) in [7, 11) is 0. The zero-order valence-electron chi connectivity index (χ0n) is 10.6. The van der Waals surface area contributed by atoms with Gasteiger partial charge in [0.1, 0.15) is 17.3 Å². The third kappa shape index (κ3) is 2.48. The van der Waals surface area contributed by atoms with Crippen LogP contribution < -0.4 is 5.73 Å². The summed E-state index contributed by atoms with van der Waals surface area (Å²) in [5.74, 6) is -0.762. The average Bonchev–Trinajstić information content (AvgIpc) is 2.82. The van der Waals surface area contributed by atoms with Gasteiger partial charge in [-0.1, -0.05) is 16.8 Å². The summed E-state index contributed by atoms with van der Waals surface area (Å²) in [4.78, 5) is 0. The molecular formula is C15H9ClF2N2O. The Morgan fingerprint density at radius 1 is 1.00 bits per heavy atom. The largest absolute Gasteiger partial charge is 0.367 e. The summed E-state index contributed by atoms with van der Waals surface area (Å²) in [5.41, 5.74) is 7.77. The molecule has 21 heavy (non-hydrogen) atoms. The molecule has 106 valence electrons. The zero-order valence-corrected chi connectivity index (χ0v) is 11.4. The van der Waals surface area contributed by atoms with Gasteiger partial charge in [0, 0.05) is 11.1 Å². The number of nitrogens with two attached hydrogens (primary N) is 1. The minimum absolute atomic E-state index is 0.0582. The fourth-order valence-electron chi connectivity index (χ4n) is 2.06. The molecule has 0 saturated carbocycles. The molecule has 0 spiro atoms. The number of nitrogen functional groups attached to an aromatic ring is 1. The fraction of sp³-hybridized carbons (Fsp3) is 0. The monoisotopic (exact) mass is 306 g/mol. The third-order valence-corrected chi connectivity index (χ3v) is 3.35. The number of nitrogens with zero attached hydrogens (tertiary/aromatic N) is 1. The van der Waals surface area contributed by atoms with E-state index in [0.717, 1.165) is 0 Å². The molecule has 0 radical (unpaired) electrons. The van der Waals surface area contributed by atoms with Crippen LogP contribution in [-0.2, 0) is 0 Å². The molecule has 0 amide bonds. The number of aromatic nitrogens is 1. The van der Waals surface area contributed by atoms with Gasteiger partial charge in [0.2, 0.25) is 5.88 Å². The van der Waals surface area contributed by atoms with Gasteiger partial charge in [-0.05, 0) is 42.5 Å². The lowest BCUT2D eigenvalue weighted by Crippen LogP contribution is -1.89. The normalized spacial score (nSPS) is 10.8. The van der Waals surface area contributed by atoms with Crippen molar-refractivity contribution in [3.8, 4) is 22.4 Å². The van der Waals surface area contributed by atoms with Crippen molar-refractivity contribution in [2.75, 3.05) is 5.73 Å². The van der Waals surface area contributed by atoms with Gasteiger partial charge in [-0.25, -0.2) is 8.78 Å². The SMILES string of the molecule is Nc1onc(-c2ccc(F)cc2)c1-c1ccc(F)cc1Cl. The first-order chi connectivity index (χ1) is 10.1. The molecule has 3 aromatic rings. The summed E-state index contributed by atoms with van der Waals surface area (Å²) in [6.07, 6.45) is 0. The van der Waals surface area contributed by atoms with Crippen molar-refractivity contribution in [3.63, 3.8) is 0 Å². The van der Waals surface area contributed by atoms with Crippen molar-refractivity contribution < 1.29 is 13.3 Å². The Kier molecular flexibility index (Phi) is 3.35. The Balaban J connectivity index is 2.19. The van der Waals surface area contributed by atoms with Gasteiger partial charge in [-0.15, -0.1) is 0 Å². The molecule has 2 N–H and O–H groups in total. The van der Waals surface area contributed by atoms with Crippen LogP contribution in [0, 0.1) is 11.6 Å². The summed E-state index contributed by atoms with van der Waals surface area (Å²) >= 11 is 6.05. The molecule has 0 bridgehead atoms. The zero-order chi connectivity index (χ0) is 15.0. The predicted molar refractivity (Wildman–Crippen MR) is 76.7 cm³/mol. The van der Waals surface area contributed by atoms with E-state index in [1.54, 1.807) is 12.1 Å². The molecule has 0 aliphatic carbocycles. The van der Waals surface area contributed by atoms with Crippen LogP contribution >= 0.6 is 11.6 Å². The molecule has 0 aliphatic rings. The second-order valence-corrected chi connectivity index (χ2v) is 4.81. The number of anilines is 1. The van der Waals surface area contributed by atoms with Gasteiger partial charge in [-0.2, -0.15) is 0 Å². The van der Waals surface area contributed by atoms with Gasteiger partial charge in [-0.3, -0.25) is 0 Å². The standard InChI is InChI=1S/C15H9ClF2N2O/c16-12-7-10(18)5-6-11(12)13-14(20-21-15(13)19)8-1-3-9(17)4-2-8/h1-7H,19H2. The molecule has 1 heterocycles. The van der Waals surface area contributed by atoms with Crippen LogP contribution in [0.2, 0.25) is 5.02 Å². The lowest BCUT2D eigenvalue weighted by molar-refractivity contribution is 0.439. The first-order valence-corrected chi connectivity index (χ1v) is 6.40. The minimum Gasteiger partial charge on any atom is -0.367 e. The molecular weight excluding hydrogens is 298 g/mol. The van der Waals surface area contributed by atoms with Crippen molar-refractivity contribution in [2.45, 2.75) is 0 Å². The predicted octanol–water partition coefficient (Wildman–Crippen LogP) is 4.52. The van der Waals surface area contributed by atoms with Crippen LogP contribution in [0.1, 0.15) is 0 Å². The van der Waals surface area contributed by atoms with Crippen LogP contribution in [0.4, 0.5) is 14.7 Å². The van der Waals surface area contributed by atoms with Gasteiger partial charge >= 0.3 is 0 Å². The van der Waals surface area contributed by atoms with Crippen molar-refractivity contribution >= 4 is 17.5 Å². The summed E-state index contributed by atoms with van der Waals surface area (Å²) in [6, 6.07) is 9.64. The van der Waals surface area contributed by atoms with Crippen molar-refractivity contribution in [1.82, 2.24) is 5.16 Å². The summed E-state index contributed by atoms with van der Waals surface area (Å²) < 4.78 is 31.2. The van der Waals surface area contributed by atoms with Crippen LogP contribution in [0.15, 0.2) is 47.0 Å². The minimum atomic E-state index is -0.456. The highest BCUT2D eigenvalue weighted by atomic mass is 35.5. The van der Waals surface area contributed by atoms with E-state index in [2.05, 4.69) is 5.16 Å². The Labute approximate surface area is 123 Å². The number of halogens is 3. The Hall–Kier alpha value is -2.40. The molecule has 1 aromatic heterocycles. The molecule has 0 aliphatic heterocycles. The van der Waals surface area contributed by atoms with E-state index in [1.807, 2.05) is 0 Å². The molecule has 0 fully saturated rings. The van der Waals surface area contributed by atoms with Crippen LogP contribution in [-0.4, -0.2) is 5.16 Å². The Morgan fingerprint density at radius 2 is 1.67 bits per heavy atom. The van der Waals surface area contributed by atoms with Gasteiger partial charge < -0.3 is 10.3 Å². The number of rotatable bonds is 2. The summed E-state index contributed by atoms with van der Waals surface area (Å²) in [5, 5.41) is 4.07. The Morgan fingerprint density at radius 3 is 2.33 bits per heavy atom. The van der Waals surface area contributed by atoms with Gasteiger partial charge in [0.05, 0.1) is 10.6 Å². The maximum Gasteiger partial charge on any atom is 0.230 e. The van der Waals surface area contributed by atoms with E-state index in [9.17, 15) is 8.78 Å². The summed E-state index contributed by atoms with van der Waals surface area (Å²) in [6.45, 7) is 0. The molecule has 0 saturated heterocycles. The van der Waals surface area contributed by atoms with Gasteiger partial charge in [0.25, 0.3) is 0 Å². The molecule has 0 unspecified atom stereocenters. The van der Waals surface area contributed by atoms with E-state index < -0.39 is 5.82 Å². The van der Waals surface area contributed by atoms with Crippen LogP contribution in [0.3, 0.4) is 0 Å². The maximum atomic E-state index is 13.2. The van der Waals surface area contributed by atoms with Crippen LogP contribution in [0.5, 0.6) is 0 Å². The first-order valence-electron chi connectivity index (χ1n) is 6.03.